The number of hydrogen-bond acceptors (Lipinski definition) is 1. The maximum Gasteiger partial charge on any atom is 0.127 e. The molecular weight excluding hydrogens is 228 g/mol. The average molecular weight is 239 g/mol. The second kappa shape index (κ2) is 3.97. The molecule has 0 amide bonds. The summed E-state index contributed by atoms with van der Waals surface area (Å²) in [5.74, 6) is 1.00. The molecule has 0 radical (unpaired) electrons. The Bertz CT molecular complexity index is 331. The number of hydrogen-bond donors (Lipinski definition) is 0. The second-order valence-corrected chi connectivity index (χ2v) is 3.86. The molecule has 1 aromatic rings. The van der Waals surface area contributed by atoms with Gasteiger partial charge in [0.2, 0.25) is 0 Å². The predicted molar refractivity (Wildman–Crippen MR) is 58.3 cm³/mol. The van der Waals surface area contributed by atoms with Crippen molar-refractivity contribution in [3.05, 3.63) is 35.4 Å². The maximum absolute atomic E-state index is 5.60. The SMILES string of the molecule is BrCCC1=Cc2ccccc2OC1. The van der Waals surface area contributed by atoms with Gasteiger partial charge in [-0.2, -0.15) is 0 Å². The summed E-state index contributed by atoms with van der Waals surface area (Å²) >= 11 is 3.43. The first-order valence-corrected chi connectivity index (χ1v) is 5.49. The molecule has 1 heterocycles. The fraction of sp³-hybridized carbons (Fsp3) is 0.273. The Kier molecular flexibility index (Phi) is 2.69. The Labute approximate surface area is 86.5 Å². The topological polar surface area (TPSA) is 9.23 Å². The van der Waals surface area contributed by atoms with Crippen molar-refractivity contribution >= 4 is 22.0 Å². The molecule has 13 heavy (non-hydrogen) atoms. The third kappa shape index (κ3) is 1.94. The first-order valence-electron chi connectivity index (χ1n) is 4.37. The van der Waals surface area contributed by atoms with E-state index in [-0.39, 0.29) is 0 Å². The third-order valence-corrected chi connectivity index (χ3v) is 2.50. The molecule has 1 aliphatic rings. The fourth-order valence-corrected chi connectivity index (χ4v) is 1.94. The highest BCUT2D eigenvalue weighted by atomic mass is 79.9. The van der Waals surface area contributed by atoms with E-state index in [9.17, 15) is 0 Å². The Balaban J connectivity index is 2.28. The van der Waals surface area contributed by atoms with Gasteiger partial charge in [-0.15, -0.1) is 0 Å². The zero-order valence-electron chi connectivity index (χ0n) is 7.29. The Morgan fingerprint density at radius 3 is 3.00 bits per heavy atom. The van der Waals surface area contributed by atoms with Gasteiger partial charge in [0.05, 0.1) is 0 Å². The van der Waals surface area contributed by atoms with Crippen molar-refractivity contribution in [1.82, 2.24) is 0 Å². The van der Waals surface area contributed by atoms with Gasteiger partial charge in [0.1, 0.15) is 12.4 Å². The number of alkyl halides is 1. The predicted octanol–water partition coefficient (Wildman–Crippen LogP) is 3.25. The van der Waals surface area contributed by atoms with Gasteiger partial charge in [-0.3, -0.25) is 0 Å². The van der Waals surface area contributed by atoms with E-state index in [1.807, 2.05) is 18.2 Å². The van der Waals surface area contributed by atoms with E-state index >= 15 is 0 Å². The Morgan fingerprint density at radius 1 is 1.31 bits per heavy atom. The van der Waals surface area contributed by atoms with Gasteiger partial charge in [-0.05, 0) is 24.1 Å². The van der Waals surface area contributed by atoms with E-state index in [1.54, 1.807) is 0 Å². The number of ether oxygens (including phenoxy) is 1. The van der Waals surface area contributed by atoms with E-state index in [4.69, 9.17) is 4.74 Å². The summed E-state index contributed by atoms with van der Waals surface area (Å²) in [6.45, 7) is 0.739. The molecule has 1 aliphatic heterocycles. The number of benzene rings is 1. The fourth-order valence-electron chi connectivity index (χ4n) is 1.43. The highest BCUT2D eigenvalue weighted by molar-refractivity contribution is 9.09. The lowest BCUT2D eigenvalue weighted by Gasteiger charge is -2.16. The van der Waals surface area contributed by atoms with Crippen LogP contribution in [0.1, 0.15) is 12.0 Å². The summed E-state index contributed by atoms with van der Waals surface area (Å²) in [6.07, 6.45) is 3.29. The van der Waals surface area contributed by atoms with E-state index in [0.29, 0.717) is 0 Å². The van der Waals surface area contributed by atoms with Crippen LogP contribution in [0.15, 0.2) is 29.8 Å². The first kappa shape index (κ1) is 8.82. The van der Waals surface area contributed by atoms with Crippen LogP contribution in [0, 0.1) is 0 Å². The third-order valence-electron chi connectivity index (χ3n) is 2.11. The van der Waals surface area contributed by atoms with Crippen molar-refractivity contribution in [1.29, 1.82) is 0 Å². The van der Waals surface area contributed by atoms with Crippen LogP contribution in [0.25, 0.3) is 6.08 Å². The molecule has 1 nitrogen and oxygen atoms in total. The van der Waals surface area contributed by atoms with Crippen molar-refractivity contribution in [3.63, 3.8) is 0 Å². The molecule has 0 fully saturated rings. The van der Waals surface area contributed by atoms with Gasteiger partial charge in [-0.1, -0.05) is 34.1 Å². The van der Waals surface area contributed by atoms with Crippen LogP contribution in [-0.4, -0.2) is 11.9 Å². The molecule has 0 bridgehead atoms. The molecule has 1 aromatic carbocycles. The normalized spacial score (nSPS) is 14.4. The van der Waals surface area contributed by atoms with E-state index in [2.05, 4.69) is 28.1 Å². The summed E-state index contributed by atoms with van der Waals surface area (Å²) in [5, 5.41) is 1.00. The zero-order chi connectivity index (χ0) is 9.10. The largest absolute Gasteiger partial charge is 0.489 e. The number of halogens is 1. The van der Waals surface area contributed by atoms with Crippen molar-refractivity contribution in [2.75, 3.05) is 11.9 Å². The van der Waals surface area contributed by atoms with Crippen LogP contribution < -0.4 is 4.74 Å². The van der Waals surface area contributed by atoms with Crippen molar-refractivity contribution in [2.45, 2.75) is 6.42 Å². The van der Waals surface area contributed by atoms with Crippen molar-refractivity contribution in [3.8, 4) is 5.75 Å². The van der Waals surface area contributed by atoms with Gasteiger partial charge in [0.15, 0.2) is 0 Å². The number of para-hydroxylation sites is 1. The standard InChI is InChI=1S/C11H11BrO/c12-6-5-9-7-10-3-1-2-4-11(10)13-8-9/h1-4,7H,5-6,8H2. The van der Waals surface area contributed by atoms with Crippen LogP contribution in [-0.2, 0) is 0 Å². The minimum atomic E-state index is 0.739. The molecule has 0 N–H and O–H groups in total. The van der Waals surface area contributed by atoms with Gasteiger partial charge >= 0.3 is 0 Å². The highest BCUT2D eigenvalue weighted by Gasteiger charge is 2.09. The lowest BCUT2D eigenvalue weighted by molar-refractivity contribution is 0.344. The summed E-state index contributed by atoms with van der Waals surface area (Å²) in [7, 11) is 0. The lowest BCUT2D eigenvalue weighted by Crippen LogP contribution is -2.07. The first-order chi connectivity index (χ1) is 6.40. The van der Waals surface area contributed by atoms with Crippen LogP contribution >= 0.6 is 15.9 Å². The number of fused-ring (bicyclic) bond motifs is 1. The minimum absolute atomic E-state index is 0.739. The maximum atomic E-state index is 5.60. The molecular formula is C11H11BrO. The molecule has 0 unspecified atom stereocenters. The monoisotopic (exact) mass is 238 g/mol. The van der Waals surface area contributed by atoms with E-state index in [0.717, 1.165) is 24.1 Å². The molecule has 0 saturated heterocycles. The molecule has 0 spiro atoms. The Hall–Kier alpha value is -0.760. The summed E-state index contributed by atoms with van der Waals surface area (Å²) in [4.78, 5) is 0. The van der Waals surface area contributed by atoms with Crippen LogP contribution in [0.5, 0.6) is 5.75 Å². The molecule has 2 heteroatoms. The quantitative estimate of drug-likeness (QED) is 0.720. The summed E-state index contributed by atoms with van der Waals surface area (Å²) in [5.41, 5.74) is 2.56. The van der Waals surface area contributed by atoms with Gasteiger partial charge < -0.3 is 4.74 Å². The average Bonchev–Trinajstić information content (AvgIpc) is 2.18. The van der Waals surface area contributed by atoms with Crippen LogP contribution in [0.2, 0.25) is 0 Å². The smallest absolute Gasteiger partial charge is 0.127 e. The van der Waals surface area contributed by atoms with Crippen molar-refractivity contribution in [2.24, 2.45) is 0 Å². The summed E-state index contributed by atoms with van der Waals surface area (Å²) in [6, 6.07) is 8.14. The summed E-state index contributed by atoms with van der Waals surface area (Å²) < 4.78 is 5.60. The van der Waals surface area contributed by atoms with Gasteiger partial charge in [0.25, 0.3) is 0 Å². The van der Waals surface area contributed by atoms with Crippen LogP contribution in [0.3, 0.4) is 0 Å². The molecule has 2 rings (SSSR count). The lowest BCUT2D eigenvalue weighted by atomic mass is 10.1. The molecule has 0 aromatic heterocycles. The Morgan fingerprint density at radius 2 is 2.15 bits per heavy atom. The van der Waals surface area contributed by atoms with Gasteiger partial charge in [0, 0.05) is 10.9 Å². The van der Waals surface area contributed by atoms with Crippen LogP contribution in [0.4, 0.5) is 0 Å². The van der Waals surface area contributed by atoms with Crippen molar-refractivity contribution < 1.29 is 4.74 Å². The van der Waals surface area contributed by atoms with Gasteiger partial charge in [-0.25, -0.2) is 0 Å². The molecule has 0 aliphatic carbocycles. The minimum Gasteiger partial charge on any atom is -0.489 e. The number of rotatable bonds is 2. The zero-order valence-corrected chi connectivity index (χ0v) is 8.88. The van der Waals surface area contributed by atoms with E-state index in [1.165, 1.54) is 11.1 Å². The molecule has 0 saturated carbocycles. The van der Waals surface area contributed by atoms with E-state index < -0.39 is 0 Å². The highest BCUT2D eigenvalue weighted by Crippen LogP contribution is 2.26. The molecule has 68 valence electrons. The second-order valence-electron chi connectivity index (χ2n) is 3.07. The molecule has 0 atom stereocenters.